The maximum Gasteiger partial charge on any atom is 0.143 e. The quantitative estimate of drug-likeness (QED) is 0.384. The van der Waals surface area contributed by atoms with Crippen molar-refractivity contribution in [1.82, 2.24) is 0 Å². The second-order valence-corrected chi connectivity index (χ2v) is 4.03. The van der Waals surface area contributed by atoms with E-state index in [1.165, 1.54) is 6.07 Å². The van der Waals surface area contributed by atoms with Crippen LogP contribution in [0.1, 0.15) is 11.7 Å². The van der Waals surface area contributed by atoms with Crippen molar-refractivity contribution in [3.05, 3.63) is 44.0 Å². The van der Waals surface area contributed by atoms with E-state index in [4.69, 9.17) is 28.7 Å². The lowest BCUT2D eigenvalue weighted by Crippen LogP contribution is -2.21. The van der Waals surface area contributed by atoms with Crippen molar-refractivity contribution < 1.29 is 14.6 Å². The van der Waals surface area contributed by atoms with Crippen molar-refractivity contribution >= 4 is 23.2 Å². The molecule has 0 fully saturated rings. The van der Waals surface area contributed by atoms with Gasteiger partial charge in [-0.3, -0.25) is 0 Å². The van der Waals surface area contributed by atoms with Crippen LogP contribution in [-0.2, 0) is 0 Å². The largest absolute Gasteiger partial charge is 0.390 e. The number of hydrogen-bond acceptors (Lipinski definition) is 3. The Bertz CT molecular complexity index is 466. The van der Waals surface area contributed by atoms with Gasteiger partial charge in [-0.2, -0.15) is 0 Å². The summed E-state index contributed by atoms with van der Waals surface area (Å²) in [6.45, 7) is -0.359. The predicted octanol–water partition coefficient (Wildman–Crippen LogP) is 2.84. The van der Waals surface area contributed by atoms with Crippen LogP contribution in [0.3, 0.4) is 0 Å². The van der Waals surface area contributed by atoms with Crippen LogP contribution in [0.2, 0.25) is 10.0 Å². The molecule has 2 N–H and O–H groups in total. The SMILES string of the molecule is [N-]=[N+]=NCC(O)C(O)c1cc(Cl)cc(F)c1Cl. The molecule has 8 heteroatoms. The number of aliphatic hydroxyl groups is 2. The summed E-state index contributed by atoms with van der Waals surface area (Å²) in [7, 11) is 0. The van der Waals surface area contributed by atoms with Gasteiger partial charge in [-0.1, -0.05) is 28.3 Å². The van der Waals surface area contributed by atoms with Gasteiger partial charge in [0.1, 0.15) is 11.9 Å². The summed E-state index contributed by atoms with van der Waals surface area (Å²) < 4.78 is 13.2. The molecule has 1 rings (SSSR count). The number of benzene rings is 1. The van der Waals surface area contributed by atoms with Crippen molar-refractivity contribution in [2.24, 2.45) is 5.11 Å². The Labute approximate surface area is 106 Å². The van der Waals surface area contributed by atoms with Gasteiger partial charge in [-0.25, -0.2) is 4.39 Å². The molecule has 1 aromatic carbocycles. The lowest BCUT2D eigenvalue weighted by molar-refractivity contribution is 0.0243. The van der Waals surface area contributed by atoms with Crippen LogP contribution in [-0.4, -0.2) is 22.9 Å². The van der Waals surface area contributed by atoms with Crippen LogP contribution >= 0.6 is 23.2 Å². The van der Waals surface area contributed by atoms with Crippen LogP contribution in [0.5, 0.6) is 0 Å². The summed E-state index contributed by atoms with van der Waals surface area (Å²) in [6.07, 6.45) is -2.87. The molecule has 0 saturated carbocycles. The molecule has 17 heavy (non-hydrogen) atoms. The van der Waals surface area contributed by atoms with E-state index in [1.54, 1.807) is 0 Å². The third-order valence-corrected chi connectivity index (χ3v) is 2.65. The highest BCUT2D eigenvalue weighted by atomic mass is 35.5. The fourth-order valence-electron chi connectivity index (χ4n) is 1.22. The Morgan fingerprint density at radius 3 is 2.65 bits per heavy atom. The monoisotopic (exact) mass is 279 g/mol. The molecular formula is C9H8Cl2FN3O2. The fourth-order valence-corrected chi connectivity index (χ4v) is 1.65. The van der Waals surface area contributed by atoms with Crippen molar-refractivity contribution in [2.75, 3.05) is 6.54 Å². The number of aliphatic hydroxyl groups excluding tert-OH is 2. The van der Waals surface area contributed by atoms with E-state index >= 15 is 0 Å². The molecule has 0 aliphatic carbocycles. The third-order valence-electron chi connectivity index (χ3n) is 2.04. The average molecular weight is 280 g/mol. The Morgan fingerprint density at radius 1 is 1.41 bits per heavy atom. The first-order valence-corrected chi connectivity index (χ1v) is 5.24. The highest BCUT2D eigenvalue weighted by Crippen LogP contribution is 2.30. The Hall–Kier alpha value is -1.04. The molecule has 5 nitrogen and oxygen atoms in total. The van der Waals surface area contributed by atoms with Crippen LogP contribution in [0.4, 0.5) is 4.39 Å². The van der Waals surface area contributed by atoms with Crippen molar-refractivity contribution in [3.8, 4) is 0 Å². The number of halogens is 3. The molecule has 1 aromatic rings. The van der Waals surface area contributed by atoms with Crippen LogP contribution in [0.25, 0.3) is 10.4 Å². The number of rotatable bonds is 4. The van der Waals surface area contributed by atoms with Crippen molar-refractivity contribution in [3.63, 3.8) is 0 Å². The maximum atomic E-state index is 13.2. The molecule has 0 saturated heterocycles. The van der Waals surface area contributed by atoms with Gasteiger partial charge in [0.25, 0.3) is 0 Å². The van der Waals surface area contributed by atoms with Crippen LogP contribution < -0.4 is 0 Å². The summed E-state index contributed by atoms with van der Waals surface area (Å²) >= 11 is 11.2. The van der Waals surface area contributed by atoms with Gasteiger partial charge in [-0.05, 0) is 17.7 Å². The molecule has 0 bridgehead atoms. The molecule has 92 valence electrons. The van der Waals surface area contributed by atoms with E-state index in [-0.39, 0.29) is 22.2 Å². The smallest absolute Gasteiger partial charge is 0.143 e. The summed E-state index contributed by atoms with van der Waals surface area (Å²) in [5, 5.41) is 22.0. The van der Waals surface area contributed by atoms with E-state index in [2.05, 4.69) is 10.0 Å². The number of nitrogens with zero attached hydrogens (tertiary/aromatic N) is 3. The first-order chi connectivity index (χ1) is 7.97. The highest BCUT2D eigenvalue weighted by Gasteiger charge is 2.22. The first-order valence-electron chi connectivity index (χ1n) is 4.48. The molecule has 0 aliphatic heterocycles. The molecule has 0 radical (unpaired) electrons. The standard InChI is InChI=1S/C9H8Cl2FN3O2/c10-4-1-5(8(11)6(12)2-4)9(17)7(16)3-14-15-13/h1-2,7,9,16-17H,3H2. The first kappa shape index (κ1) is 14.0. The lowest BCUT2D eigenvalue weighted by atomic mass is 10.0. The van der Waals surface area contributed by atoms with Gasteiger partial charge in [0.05, 0.1) is 17.7 Å². The molecule has 0 amide bonds. The summed E-state index contributed by atoms with van der Waals surface area (Å²) in [5.74, 6) is -0.802. The summed E-state index contributed by atoms with van der Waals surface area (Å²) in [5.41, 5.74) is 8.01. The maximum absolute atomic E-state index is 13.2. The average Bonchev–Trinajstić information content (AvgIpc) is 2.29. The summed E-state index contributed by atoms with van der Waals surface area (Å²) in [4.78, 5) is 2.43. The zero-order valence-electron chi connectivity index (χ0n) is 8.39. The lowest BCUT2D eigenvalue weighted by Gasteiger charge is -2.18. The minimum absolute atomic E-state index is 0.0388. The molecule has 2 unspecified atom stereocenters. The van der Waals surface area contributed by atoms with Gasteiger partial charge >= 0.3 is 0 Å². The second-order valence-electron chi connectivity index (χ2n) is 3.22. The minimum atomic E-state index is -1.49. The Kier molecular flexibility index (Phi) is 4.99. The van der Waals surface area contributed by atoms with Crippen molar-refractivity contribution in [1.29, 1.82) is 0 Å². The van der Waals surface area contributed by atoms with Crippen LogP contribution in [0, 0.1) is 5.82 Å². The van der Waals surface area contributed by atoms with Gasteiger partial charge in [-0.15, -0.1) is 0 Å². The van der Waals surface area contributed by atoms with E-state index in [1.807, 2.05) is 0 Å². The van der Waals surface area contributed by atoms with Crippen molar-refractivity contribution in [2.45, 2.75) is 12.2 Å². The Balaban J connectivity index is 3.02. The zero-order chi connectivity index (χ0) is 13.0. The molecule has 0 spiro atoms. The number of azide groups is 1. The molecule has 0 aromatic heterocycles. The normalized spacial score (nSPS) is 13.9. The van der Waals surface area contributed by atoms with E-state index in [9.17, 15) is 14.6 Å². The van der Waals surface area contributed by atoms with Gasteiger partial charge in [0.2, 0.25) is 0 Å². The highest BCUT2D eigenvalue weighted by molar-refractivity contribution is 6.33. The van der Waals surface area contributed by atoms with Crippen LogP contribution in [0.15, 0.2) is 17.2 Å². The number of hydrogen-bond donors (Lipinski definition) is 2. The van der Waals surface area contributed by atoms with Gasteiger partial charge in [0.15, 0.2) is 0 Å². The predicted molar refractivity (Wildman–Crippen MR) is 61.4 cm³/mol. The minimum Gasteiger partial charge on any atom is -0.390 e. The third kappa shape index (κ3) is 3.46. The molecule has 2 atom stereocenters. The van der Waals surface area contributed by atoms with Gasteiger partial charge in [0, 0.05) is 15.5 Å². The molecule has 0 aliphatic rings. The van der Waals surface area contributed by atoms with E-state index in [0.29, 0.717) is 0 Å². The second kappa shape index (κ2) is 6.05. The van der Waals surface area contributed by atoms with Gasteiger partial charge < -0.3 is 10.2 Å². The molecule has 0 heterocycles. The summed E-state index contributed by atoms with van der Waals surface area (Å²) in [6, 6.07) is 2.22. The topological polar surface area (TPSA) is 89.2 Å². The van der Waals surface area contributed by atoms with E-state index in [0.717, 1.165) is 6.07 Å². The Morgan fingerprint density at radius 2 is 2.06 bits per heavy atom. The zero-order valence-corrected chi connectivity index (χ0v) is 9.90. The fraction of sp³-hybridized carbons (Fsp3) is 0.333. The molecular weight excluding hydrogens is 272 g/mol. The van der Waals surface area contributed by atoms with E-state index < -0.39 is 18.0 Å².